The number of carbonyl (C=O) groups excluding carboxylic acids is 1. The number of aromatic amines is 1. The summed E-state index contributed by atoms with van der Waals surface area (Å²) < 4.78 is 36.6. The normalized spacial score (nSPS) is 19.3. The van der Waals surface area contributed by atoms with E-state index in [1.54, 1.807) is 25.3 Å². The lowest BCUT2D eigenvalue weighted by molar-refractivity contribution is 0.0397. The van der Waals surface area contributed by atoms with Crippen LogP contribution in [-0.2, 0) is 4.74 Å². The van der Waals surface area contributed by atoms with Crippen LogP contribution in [0.3, 0.4) is 0 Å². The van der Waals surface area contributed by atoms with Gasteiger partial charge in [-0.3, -0.25) is 14.9 Å². The van der Waals surface area contributed by atoms with Crippen LogP contribution in [0.15, 0.2) is 67.1 Å². The van der Waals surface area contributed by atoms with E-state index in [9.17, 15) is 9.18 Å². The maximum absolute atomic E-state index is 15.1. The second kappa shape index (κ2) is 10.3. The molecular formula is C28H25F2N7O2. The van der Waals surface area contributed by atoms with Crippen molar-refractivity contribution in [2.45, 2.75) is 37.5 Å². The molecule has 1 saturated carbocycles. The summed E-state index contributed by atoms with van der Waals surface area (Å²) in [6.45, 7) is 0. The van der Waals surface area contributed by atoms with Crippen LogP contribution in [0.4, 0.5) is 8.78 Å². The lowest BCUT2D eigenvalue weighted by Gasteiger charge is -2.36. The molecule has 1 amide bonds. The monoisotopic (exact) mass is 529 g/mol. The fourth-order valence-electron chi connectivity index (χ4n) is 5.33. The molecule has 3 aromatic heterocycles. The minimum Gasteiger partial charge on any atom is -0.381 e. The minimum atomic E-state index is -0.534. The summed E-state index contributed by atoms with van der Waals surface area (Å²) in [5.74, 6) is -0.300. The number of ether oxygens (including phenoxy) is 1. The quantitative estimate of drug-likeness (QED) is 0.330. The summed E-state index contributed by atoms with van der Waals surface area (Å²) in [6, 6.07) is 14.0. The Morgan fingerprint density at radius 2 is 1.95 bits per heavy atom. The van der Waals surface area contributed by atoms with Gasteiger partial charge >= 0.3 is 0 Å². The molecule has 11 heteroatoms. The van der Waals surface area contributed by atoms with Crippen molar-refractivity contribution in [2.24, 2.45) is 0 Å². The van der Waals surface area contributed by atoms with Gasteiger partial charge in [0.15, 0.2) is 5.82 Å². The fraction of sp³-hybridized carbons (Fsp3) is 0.250. The van der Waals surface area contributed by atoms with E-state index in [4.69, 9.17) is 9.72 Å². The van der Waals surface area contributed by atoms with Crippen LogP contribution < -0.4 is 5.32 Å². The molecule has 5 aromatic rings. The molecule has 1 aliphatic carbocycles. The van der Waals surface area contributed by atoms with Crippen LogP contribution in [0.5, 0.6) is 0 Å². The first-order valence-electron chi connectivity index (χ1n) is 12.6. The van der Waals surface area contributed by atoms with Crippen molar-refractivity contribution in [1.82, 2.24) is 35.0 Å². The van der Waals surface area contributed by atoms with Crippen molar-refractivity contribution in [1.29, 1.82) is 0 Å². The highest BCUT2D eigenvalue weighted by Gasteiger charge is 2.34. The van der Waals surface area contributed by atoms with Gasteiger partial charge in [0.05, 0.1) is 22.7 Å². The topological polar surface area (TPSA) is 111 Å². The van der Waals surface area contributed by atoms with Gasteiger partial charge in [-0.2, -0.15) is 5.10 Å². The van der Waals surface area contributed by atoms with Crippen LogP contribution >= 0.6 is 0 Å². The molecule has 2 N–H and O–H groups in total. The van der Waals surface area contributed by atoms with Gasteiger partial charge < -0.3 is 14.6 Å². The van der Waals surface area contributed by atoms with Crippen LogP contribution in [0.25, 0.3) is 33.8 Å². The highest BCUT2D eigenvalue weighted by molar-refractivity contribution is 5.92. The molecule has 0 aliphatic heterocycles. The number of amides is 1. The lowest BCUT2D eigenvalue weighted by atomic mass is 9.87. The number of fused-ring (bicyclic) bond motifs is 1. The van der Waals surface area contributed by atoms with Crippen molar-refractivity contribution in [2.75, 3.05) is 7.11 Å². The Labute approximate surface area is 222 Å². The molecule has 2 aromatic carbocycles. The number of methoxy groups -OCH3 is 1. The Morgan fingerprint density at radius 1 is 1.08 bits per heavy atom. The molecule has 1 fully saturated rings. The van der Waals surface area contributed by atoms with Gasteiger partial charge in [0, 0.05) is 37.0 Å². The molecule has 0 spiro atoms. The number of hydrogen-bond acceptors (Lipinski definition) is 6. The van der Waals surface area contributed by atoms with Crippen LogP contribution in [0.2, 0.25) is 0 Å². The van der Waals surface area contributed by atoms with Crippen molar-refractivity contribution < 1.29 is 18.3 Å². The minimum absolute atomic E-state index is 0.00270. The second-order valence-corrected chi connectivity index (χ2v) is 9.57. The third kappa shape index (κ3) is 4.88. The summed E-state index contributed by atoms with van der Waals surface area (Å²) in [6.07, 6.45) is 4.24. The summed E-state index contributed by atoms with van der Waals surface area (Å²) in [5.41, 5.74) is 2.67. The molecule has 3 heterocycles. The highest BCUT2D eigenvalue weighted by Crippen LogP contribution is 2.38. The molecule has 198 valence electrons. The smallest absolute Gasteiger partial charge is 0.270 e. The first-order chi connectivity index (χ1) is 19.0. The van der Waals surface area contributed by atoms with E-state index >= 15 is 4.39 Å². The molecule has 9 nitrogen and oxygen atoms in total. The number of imidazole rings is 1. The van der Waals surface area contributed by atoms with Crippen molar-refractivity contribution in [3.8, 4) is 22.8 Å². The Bertz CT molecular complexity index is 1640. The zero-order valence-electron chi connectivity index (χ0n) is 21.0. The number of H-pyrrole nitrogens is 1. The third-order valence-electron chi connectivity index (χ3n) is 7.12. The first kappa shape index (κ1) is 24.8. The summed E-state index contributed by atoms with van der Waals surface area (Å²) in [4.78, 5) is 26.0. The fourth-order valence-corrected chi connectivity index (χ4v) is 5.33. The predicted molar refractivity (Wildman–Crippen MR) is 140 cm³/mol. The number of aromatic nitrogens is 6. The molecule has 3 atom stereocenters. The Balaban J connectivity index is 1.42. The van der Waals surface area contributed by atoms with Crippen molar-refractivity contribution >= 4 is 16.9 Å². The molecule has 0 radical (unpaired) electrons. The molecule has 0 bridgehead atoms. The maximum Gasteiger partial charge on any atom is 0.270 e. The Kier molecular flexibility index (Phi) is 6.57. The van der Waals surface area contributed by atoms with E-state index in [1.165, 1.54) is 24.7 Å². The van der Waals surface area contributed by atoms with Crippen LogP contribution in [-0.4, -0.2) is 54.9 Å². The zero-order valence-corrected chi connectivity index (χ0v) is 21.0. The summed E-state index contributed by atoms with van der Waals surface area (Å²) >= 11 is 0. The molecule has 1 aliphatic rings. The van der Waals surface area contributed by atoms with E-state index in [0.717, 1.165) is 17.1 Å². The van der Waals surface area contributed by atoms with Gasteiger partial charge in [-0.05, 0) is 55.7 Å². The SMILES string of the molecule is CO[C@@H]1CC(NC(=O)c2cc(F)ccn2)C[C@@H](n2c(-c3ccccc3F)nc3ccc(-c4ncn[nH]4)cc32)C1. The number of nitrogens with zero attached hydrogens (tertiary/aromatic N) is 5. The first-order valence-corrected chi connectivity index (χ1v) is 12.6. The van der Waals surface area contributed by atoms with Gasteiger partial charge in [0.1, 0.15) is 29.5 Å². The van der Waals surface area contributed by atoms with Gasteiger partial charge in [-0.25, -0.2) is 18.7 Å². The number of rotatable bonds is 6. The predicted octanol–water partition coefficient (Wildman–Crippen LogP) is 4.70. The molecule has 39 heavy (non-hydrogen) atoms. The number of benzene rings is 2. The second-order valence-electron chi connectivity index (χ2n) is 9.57. The number of pyridine rings is 1. The number of carbonyl (C=O) groups is 1. The summed E-state index contributed by atoms with van der Waals surface area (Å²) in [7, 11) is 1.63. The number of nitrogens with one attached hydrogen (secondary N) is 2. The third-order valence-corrected chi connectivity index (χ3v) is 7.12. The van der Waals surface area contributed by atoms with Crippen LogP contribution in [0, 0.1) is 11.6 Å². The standard InChI is InChI=1S/C28H25F2N7O2/c1-39-20-13-18(34-28(38)24-11-17(29)8-9-31-24)12-19(14-20)37-25-10-16(26-32-15-33-36-26)6-7-23(25)35-27(37)21-4-2-3-5-22(21)30/h2-11,15,18-20H,12-14H2,1H3,(H,34,38)(H,32,33,36)/t18?,19-,20-/m1/s1. The molecule has 1 unspecified atom stereocenters. The van der Waals surface area contributed by atoms with Gasteiger partial charge in [-0.15, -0.1) is 0 Å². The maximum atomic E-state index is 15.1. The highest BCUT2D eigenvalue weighted by atomic mass is 19.1. The number of hydrogen-bond donors (Lipinski definition) is 2. The van der Waals surface area contributed by atoms with Gasteiger partial charge in [0.2, 0.25) is 0 Å². The van der Waals surface area contributed by atoms with Gasteiger partial charge in [0.25, 0.3) is 5.91 Å². The molecule has 6 rings (SSSR count). The Morgan fingerprint density at radius 3 is 2.72 bits per heavy atom. The van der Waals surface area contributed by atoms with E-state index in [1.807, 2.05) is 22.8 Å². The van der Waals surface area contributed by atoms with Gasteiger partial charge in [-0.1, -0.05) is 12.1 Å². The Hall–Kier alpha value is -4.51. The lowest BCUT2D eigenvalue weighted by Crippen LogP contribution is -2.43. The van der Waals surface area contributed by atoms with Crippen molar-refractivity contribution in [3.63, 3.8) is 0 Å². The summed E-state index contributed by atoms with van der Waals surface area (Å²) in [5, 5.41) is 9.82. The van der Waals surface area contributed by atoms with E-state index in [-0.39, 0.29) is 29.7 Å². The molecular weight excluding hydrogens is 504 g/mol. The average molecular weight is 530 g/mol. The van der Waals surface area contributed by atoms with E-state index in [0.29, 0.717) is 42.0 Å². The van der Waals surface area contributed by atoms with E-state index in [2.05, 4.69) is 25.5 Å². The number of halogens is 2. The largest absolute Gasteiger partial charge is 0.381 e. The van der Waals surface area contributed by atoms with Crippen molar-refractivity contribution in [3.05, 3.63) is 84.4 Å². The zero-order chi connectivity index (χ0) is 26.9. The molecule has 0 saturated heterocycles. The van der Waals surface area contributed by atoms with Crippen LogP contribution in [0.1, 0.15) is 35.8 Å². The van der Waals surface area contributed by atoms with E-state index < -0.39 is 11.7 Å². The average Bonchev–Trinajstić information content (AvgIpc) is 3.61.